The van der Waals surface area contributed by atoms with Crippen molar-refractivity contribution in [2.75, 3.05) is 53.0 Å². The van der Waals surface area contributed by atoms with Crippen LogP contribution in [0.2, 0.25) is 5.02 Å². The zero-order valence-electron chi connectivity index (χ0n) is 26.1. The smallest absolute Gasteiger partial charge is 0.253 e. The van der Waals surface area contributed by atoms with E-state index in [1.54, 1.807) is 7.11 Å². The molecule has 7 nitrogen and oxygen atoms in total. The van der Waals surface area contributed by atoms with Gasteiger partial charge in [0.25, 0.3) is 5.91 Å². The van der Waals surface area contributed by atoms with Crippen molar-refractivity contribution < 1.29 is 14.3 Å². The lowest BCUT2D eigenvalue weighted by molar-refractivity contribution is 0.0952. The number of para-hydroxylation sites is 1. The van der Waals surface area contributed by atoms with Crippen LogP contribution in [-0.4, -0.2) is 73.3 Å². The molecule has 8 heteroatoms. The van der Waals surface area contributed by atoms with Crippen LogP contribution in [0, 0.1) is 6.92 Å². The molecular weight excluding hydrogens is 584 g/mol. The van der Waals surface area contributed by atoms with E-state index in [9.17, 15) is 4.79 Å². The average molecular weight is 625 g/mol. The molecule has 1 amide bonds. The number of aryl methyl sites for hydroxylation is 2. The van der Waals surface area contributed by atoms with Crippen LogP contribution >= 0.6 is 11.6 Å². The summed E-state index contributed by atoms with van der Waals surface area (Å²) in [6.45, 7) is 10.0. The lowest BCUT2D eigenvalue weighted by Crippen LogP contribution is -2.47. The fourth-order valence-corrected chi connectivity index (χ4v) is 6.50. The van der Waals surface area contributed by atoms with E-state index in [1.807, 2.05) is 66.9 Å². The van der Waals surface area contributed by atoms with E-state index in [2.05, 4.69) is 44.8 Å². The summed E-state index contributed by atoms with van der Waals surface area (Å²) in [6.07, 6.45) is 2.97. The van der Waals surface area contributed by atoms with E-state index in [0.29, 0.717) is 18.7 Å². The maximum absolute atomic E-state index is 13.3. The number of halogens is 1. The van der Waals surface area contributed by atoms with Gasteiger partial charge in [-0.25, -0.2) is 0 Å². The minimum Gasteiger partial charge on any atom is -0.495 e. The fraction of sp³-hybridized carbons (Fsp3) is 0.324. The highest BCUT2D eigenvalue weighted by atomic mass is 35.5. The van der Waals surface area contributed by atoms with E-state index < -0.39 is 0 Å². The van der Waals surface area contributed by atoms with E-state index in [-0.39, 0.29) is 5.91 Å². The van der Waals surface area contributed by atoms with E-state index in [0.717, 1.165) is 96.0 Å². The van der Waals surface area contributed by atoms with Crippen molar-refractivity contribution in [1.82, 2.24) is 19.7 Å². The van der Waals surface area contributed by atoms with Crippen molar-refractivity contribution in [2.45, 2.75) is 26.4 Å². The Hall–Kier alpha value is -4.04. The number of methoxy groups -OCH3 is 1. The Bertz CT molecular complexity index is 1780. The molecule has 2 heterocycles. The molecule has 4 aromatic carbocycles. The zero-order valence-corrected chi connectivity index (χ0v) is 26.9. The molecule has 1 fully saturated rings. The van der Waals surface area contributed by atoms with Gasteiger partial charge in [-0.2, -0.15) is 0 Å². The monoisotopic (exact) mass is 624 g/mol. The quantitative estimate of drug-likeness (QED) is 0.166. The Balaban J connectivity index is 1.00. The van der Waals surface area contributed by atoms with Gasteiger partial charge < -0.3 is 24.3 Å². The van der Waals surface area contributed by atoms with Gasteiger partial charge in [0.15, 0.2) is 0 Å². The van der Waals surface area contributed by atoms with Crippen molar-refractivity contribution in [3.05, 3.63) is 107 Å². The summed E-state index contributed by atoms with van der Waals surface area (Å²) in [7, 11) is 1.69. The summed E-state index contributed by atoms with van der Waals surface area (Å²) in [4.78, 5) is 18.3. The number of amides is 1. The number of carbonyl (C=O) groups excluding carboxylic acids is 1. The molecule has 0 saturated carbocycles. The highest BCUT2D eigenvalue weighted by molar-refractivity contribution is 6.35. The summed E-state index contributed by atoms with van der Waals surface area (Å²) in [6, 6.07) is 26.0. The normalized spacial score (nSPS) is 14.2. The molecule has 1 saturated heterocycles. The van der Waals surface area contributed by atoms with Gasteiger partial charge in [0.1, 0.15) is 18.1 Å². The number of rotatable bonds is 12. The molecule has 0 bridgehead atoms. The molecule has 0 unspecified atom stereocenters. The van der Waals surface area contributed by atoms with E-state index >= 15 is 0 Å². The van der Waals surface area contributed by atoms with E-state index in [4.69, 9.17) is 21.1 Å². The summed E-state index contributed by atoms with van der Waals surface area (Å²) in [5.41, 5.74) is 3.94. The van der Waals surface area contributed by atoms with Crippen molar-refractivity contribution in [3.63, 3.8) is 0 Å². The number of fused-ring (bicyclic) bond motifs is 2. The minimum atomic E-state index is -0.0698. The summed E-state index contributed by atoms with van der Waals surface area (Å²) < 4.78 is 14.1. The predicted molar refractivity (Wildman–Crippen MR) is 183 cm³/mol. The van der Waals surface area contributed by atoms with Crippen LogP contribution in [0.25, 0.3) is 21.7 Å². The second-order valence-electron chi connectivity index (χ2n) is 11.7. The summed E-state index contributed by atoms with van der Waals surface area (Å²) >= 11 is 6.37. The standard InChI is InChI=1S/C37H41ClN4O3/c1-27-9-3-4-10-28(27)25-39-37(43)32-26-42(36-31(32)13-7-14-35(36)44-2)18-8-17-40-19-21-41(22-20-40)23-24-45-34-16-15-33(38)29-11-5-6-12-30(29)34/h3-7,9-16,26H,8,17-25H2,1-2H3,(H,39,43). The second-order valence-corrected chi connectivity index (χ2v) is 12.1. The van der Waals surface area contributed by atoms with Gasteiger partial charge in [-0.1, -0.05) is 72.3 Å². The maximum atomic E-state index is 13.3. The Kier molecular flexibility index (Phi) is 9.89. The Morgan fingerprint density at radius 2 is 1.51 bits per heavy atom. The topological polar surface area (TPSA) is 59.0 Å². The highest BCUT2D eigenvalue weighted by Crippen LogP contribution is 2.32. The number of ether oxygens (including phenoxy) is 2. The Morgan fingerprint density at radius 3 is 2.29 bits per heavy atom. The van der Waals surface area contributed by atoms with Gasteiger partial charge in [-0.15, -0.1) is 0 Å². The third-order valence-electron chi connectivity index (χ3n) is 8.86. The van der Waals surface area contributed by atoms with Gasteiger partial charge in [0.05, 0.1) is 18.2 Å². The van der Waals surface area contributed by atoms with Crippen LogP contribution in [0.3, 0.4) is 0 Å². The predicted octanol–water partition coefficient (Wildman–Crippen LogP) is 6.78. The molecule has 0 spiro atoms. The van der Waals surface area contributed by atoms with Crippen LogP contribution in [0.1, 0.15) is 27.9 Å². The molecule has 1 aliphatic rings. The maximum Gasteiger partial charge on any atom is 0.253 e. The number of nitrogens with zero attached hydrogens (tertiary/aromatic N) is 3. The first-order valence-electron chi connectivity index (χ1n) is 15.7. The molecular formula is C37H41ClN4O3. The number of carbonyl (C=O) groups is 1. The first-order chi connectivity index (χ1) is 22.0. The lowest BCUT2D eigenvalue weighted by atomic mass is 10.1. The molecule has 0 aliphatic carbocycles. The Morgan fingerprint density at radius 1 is 0.800 bits per heavy atom. The first kappa shape index (κ1) is 31.0. The van der Waals surface area contributed by atoms with E-state index in [1.165, 1.54) is 5.56 Å². The van der Waals surface area contributed by atoms with Crippen molar-refractivity contribution in [3.8, 4) is 11.5 Å². The highest BCUT2D eigenvalue weighted by Gasteiger charge is 2.20. The van der Waals surface area contributed by atoms with Crippen LogP contribution in [0.5, 0.6) is 11.5 Å². The number of hydrogen-bond donors (Lipinski definition) is 1. The average Bonchev–Trinajstić information content (AvgIpc) is 3.45. The fourth-order valence-electron chi connectivity index (χ4n) is 6.27. The summed E-state index contributed by atoms with van der Waals surface area (Å²) in [5.74, 6) is 1.60. The Labute approximate surface area is 270 Å². The molecule has 0 atom stereocenters. The molecule has 1 aliphatic heterocycles. The number of nitrogens with one attached hydrogen (secondary N) is 1. The lowest BCUT2D eigenvalue weighted by Gasteiger charge is -2.34. The minimum absolute atomic E-state index is 0.0698. The van der Waals surface area contributed by atoms with Crippen LogP contribution in [-0.2, 0) is 13.1 Å². The number of aromatic nitrogens is 1. The number of benzene rings is 4. The third-order valence-corrected chi connectivity index (χ3v) is 9.19. The molecule has 5 aromatic rings. The molecule has 1 N–H and O–H groups in total. The van der Waals surface area contributed by atoms with Crippen LogP contribution in [0.4, 0.5) is 0 Å². The van der Waals surface area contributed by atoms with Crippen molar-refractivity contribution >= 4 is 39.2 Å². The zero-order chi connectivity index (χ0) is 31.2. The largest absolute Gasteiger partial charge is 0.495 e. The molecule has 45 heavy (non-hydrogen) atoms. The van der Waals surface area contributed by atoms with Gasteiger partial charge in [0.2, 0.25) is 0 Å². The van der Waals surface area contributed by atoms with Crippen LogP contribution in [0.15, 0.2) is 85.1 Å². The number of piperazine rings is 1. The first-order valence-corrected chi connectivity index (χ1v) is 16.1. The third kappa shape index (κ3) is 7.12. The SMILES string of the molecule is COc1cccc2c(C(=O)NCc3ccccc3C)cn(CCCN3CCN(CCOc4ccc(Cl)c5ccccc45)CC3)c12. The van der Waals surface area contributed by atoms with Crippen molar-refractivity contribution in [2.24, 2.45) is 0 Å². The molecule has 0 radical (unpaired) electrons. The van der Waals surface area contributed by atoms with Gasteiger partial charge in [-0.05, 0) is 49.2 Å². The van der Waals surface area contributed by atoms with Crippen LogP contribution < -0.4 is 14.8 Å². The summed E-state index contributed by atoms with van der Waals surface area (Å²) in [5, 5.41) is 6.86. The van der Waals surface area contributed by atoms with Crippen molar-refractivity contribution in [1.29, 1.82) is 0 Å². The van der Waals surface area contributed by atoms with Gasteiger partial charge >= 0.3 is 0 Å². The molecule has 6 rings (SSSR count). The number of hydrogen-bond acceptors (Lipinski definition) is 5. The van der Waals surface area contributed by atoms with Gasteiger partial charge in [0, 0.05) is 73.2 Å². The molecule has 1 aromatic heterocycles. The second kappa shape index (κ2) is 14.4. The molecule has 234 valence electrons. The van der Waals surface area contributed by atoms with Gasteiger partial charge in [-0.3, -0.25) is 9.69 Å².